The summed E-state index contributed by atoms with van der Waals surface area (Å²) in [7, 11) is 0. The summed E-state index contributed by atoms with van der Waals surface area (Å²) in [5.74, 6) is 5.20. The molecule has 1 aliphatic heterocycles. The Hall–Kier alpha value is -1.05. The van der Waals surface area contributed by atoms with Crippen LogP contribution in [-0.2, 0) is 9.53 Å². The van der Waals surface area contributed by atoms with E-state index < -0.39 is 17.5 Å². The highest BCUT2D eigenvalue weighted by Gasteiger charge is 2.36. The molecule has 0 aromatic rings. The van der Waals surface area contributed by atoms with Crippen molar-refractivity contribution in [3.05, 3.63) is 0 Å². The smallest absolute Gasteiger partial charge is 0.309 e. The molecule has 2 N–H and O–H groups in total. The number of hydrogen-bond acceptors (Lipinski definition) is 3. The molecule has 24 heavy (non-hydrogen) atoms. The molecule has 1 saturated heterocycles. The molecule has 3 unspecified atom stereocenters. The van der Waals surface area contributed by atoms with Crippen LogP contribution in [0.1, 0.15) is 85.0 Å². The summed E-state index contributed by atoms with van der Waals surface area (Å²) in [6.07, 6.45) is 9.72. The number of carbonyl (C=O) groups is 1. The number of rotatable bonds is 12. The van der Waals surface area contributed by atoms with E-state index in [2.05, 4.69) is 18.8 Å². The second-order valence-corrected chi connectivity index (χ2v) is 7.54. The summed E-state index contributed by atoms with van der Waals surface area (Å²) < 4.78 is 5.49. The number of aliphatic hydroxyl groups excluding tert-OH is 1. The zero-order chi connectivity index (χ0) is 18.0. The van der Waals surface area contributed by atoms with Gasteiger partial charge in [-0.3, -0.25) is 4.79 Å². The third-order valence-electron chi connectivity index (χ3n) is 4.68. The number of aliphatic carboxylic acids is 1. The lowest BCUT2D eigenvalue weighted by molar-refractivity contribution is -0.147. The molecule has 0 radical (unpaired) electrons. The highest BCUT2D eigenvalue weighted by molar-refractivity contribution is 5.73. The van der Waals surface area contributed by atoms with Crippen LogP contribution in [0.5, 0.6) is 0 Å². The van der Waals surface area contributed by atoms with Crippen LogP contribution in [0.25, 0.3) is 0 Å². The maximum atomic E-state index is 11.0. The van der Waals surface area contributed by atoms with E-state index in [-0.39, 0.29) is 12.2 Å². The fraction of sp³-hybridized carbons (Fsp3) is 0.850. The molecule has 1 fully saturated rings. The normalized spacial score (nSPS) is 21.0. The second-order valence-electron chi connectivity index (χ2n) is 7.54. The Kier molecular flexibility index (Phi) is 9.39. The van der Waals surface area contributed by atoms with Crippen molar-refractivity contribution in [1.29, 1.82) is 0 Å². The van der Waals surface area contributed by atoms with Gasteiger partial charge in [-0.2, -0.15) is 0 Å². The van der Waals surface area contributed by atoms with Crippen LogP contribution in [0.4, 0.5) is 0 Å². The molecule has 138 valence electrons. The van der Waals surface area contributed by atoms with E-state index in [1.54, 1.807) is 13.8 Å². The number of carboxylic acids is 1. The molecule has 1 heterocycles. The molecule has 0 aromatic heterocycles. The summed E-state index contributed by atoms with van der Waals surface area (Å²) in [4.78, 5) is 11.0. The first-order valence-electron chi connectivity index (χ1n) is 9.45. The largest absolute Gasteiger partial charge is 0.481 e. The van der Waals surface area contributed by atoms with Gasteiger partial charge in [-0.05, 0) is 39.5 Å². The summed E-state index contributed by atoms with van der Waals surface area (Å²) in [6, 6.07) is 0. The zero-order valence-electron chi connectivity index (χ0n) is 15.5. The molecule has 0 aliphatic carbocycles. The topological polar surface area (TPSA) is 70.1 Å². The Morgan fingerprint density at radius 2 is 1.88 bits per heavy atom. The van der Waals surface area contributed by atoms with Gasteiger partial charge in [0, 0.05) is 0 Å². The molecule has 0 amide bonds. The molecule has 4 nitrogen and oxygen atoms in total. The van der Waals surface area contributed by atoms with Gasteiger partial charge in [0.25, 0.3) is 0 Å². The van der Waals surface area contributed by atoms with E-state index >= 15 is 0 Å². The van der Waals surface area contributed by atoms with Crippen LogP contribution in [0, 0.1) is 17.3 Å². The van der Waals surface area contributed by atoms with Gasteiger partial charge in [-0.25, -0.2) is 0 Å². The standard InChI is InChI=1S/C20H34O4/c1-4-5-8-12-17-18(24-17)14-13-16(21)11-9-6-7-10-15-20(2,3)19(22)23/h16-18,21H,4-12,15H2,1-3H3,(H,22,23). The van der Waals surface area contributed by atoms with Gasteiger partial charge < -0.3 is 14.9 Å². The van der Waals surface area contributed by atoms with Gasteiger partial charge in [0.15, 0.2) is 0 Å². The van der Waals surface area contributed by atoms with Crippen molar-refractivity contribution in [2.75, 3.05) is 0 Å². The number of epoxide rings is 1. The van der Waals surface area contributed by atoms with Crippen LogP contribution in [0.15, 0.2) is 0 Å². The van der Waals surface area contributed by atoms with Crippen molar-refractivity contribution in [1.82, 2.24) is 0 Å². The van der Waals surface area contributed by atoms with E-state index in [9.17, 15) is 9.90 Å². The van der Waals surface area contributed by atoms with Crippen LogP contribution in [-0.4, -0.2) is 34.5 Å². The van der Waals surface area contributed by atoms with Gasteiger partial charge in [-0.15, -0.1) is 0 Å². The van der Waals surface area contributed by atoms with Crippen molar-refractivity contribution in [2.45, 2.75) is 103 Å². The average molecular weight is 338 g/mol. The second kappa shape index (κ2) is 10.7. The van der Waals surface area contributed by atoms with E-state index in [4.69, 9.17) is 9.84 Å². The molecular formula is C20H34O4. The minimum Gasteiger partial charge on any atom is -0.481 e. The van der Waals surface area contributed by atoms with Crippen molar-refractivity contribution in [2.24, 2.45) is 5.41 Å². The van der Waals surface area contributed by atoms with Crippen LogP contribution < -0.4 is 0 Å². The predicted octanol–water partition coefficient (Wildman–Crippen LogP) is 4.15. The fourth-order valence-corrected chi connectivity index (χ4v) is 2.70. The van der Waals surface area contributed by atoms with Crippen molar-refractivity contribution < 1.29 is 19.7 Å². The number of carboxylic acid groups (broad SMARTS) is 1. The molecular weight excluding hydrogens is 304 g/mol. The third-order valence-corrected chi connectivity index (χ3v) is 4.68. The Labute approximate surface area is 147 Å². The first-order chi connectivity index (χ1) is 11.4. The Morgan fingerprint density at radius 3 is 2.54 bits per heavy atom. The van der Waals surface area contributed by atoms with Crippen molar-refractivity contribution in [3.8, 4) is 11.8 Å². The maximum absolute atomic E-state index is 11.0. The van der Waals surface area contributed by atoms with Crippen LogP contribution in [0.2, 0.25) is 0 Å². The Bertz CT molecular complexity index is 433. The van der Waals surface area contributed by atoms with Gasteiger partial charge in [0.1, 0.15) is 12.2 Å². The lowest BCUT2D eigenvalue weighted by atomic mass is 9.87. The van der Waals surface area contributed by atoms with Crippen LogP contribution >= 0.6 is 0 Å². The van der Waals surface area contributed by atoms with Crippen LogP contribution in [0.3, 0.4) is 0 Å². The number of ether oxygens (including phenoxy) is 1. The molecule has 0 bridgehead atoms. The monoisotopic (exact) mass is 338 g/mol. The SMILES string of the molecule is CCCCCC1OC1C#CC(O)CCCCCCC(C)(C)C(=O)O. The average Bonchev–Trinajstić information content (AvgIpc) is 3.27. The van der Waals surface area contributed by atoms with Crippen molar-refractivity contribution >= 4 is 5.97 Å². The quantitative estimate of drug-likeness (QED) is 0.319. The van der Waals surface area contributed by atoms with E-state index in [1.165, 1.54) is 19.3 Å². The summed E-state index contributed by atoms with van der Waals surface area (Å²) in [5.41, 5.74) is -0.636. The molecule has 4 heteroatoms. The first kappa shape index (κ1) is 21.0. The molecule has 0 aromatic carbocycles. The van der Waals surface area contributed by atoms with E-state index in [1.807, 2.05) is 0 Å². The Morgan fingerprint density at radius 1 is 1.17 bits per heavy atom. The number of unbranched alkanes of at least 4 members (excludes halogenated alkanes) is 5. The summed E-state index contributed by atoms with van der Waals surface area (Å²) in [5, 5.41) is 18.9. The van der Waals surface area contributed by atoms with E-state index in [0.717, 1.165) is 32.1 Å². The minimum absolute atomic E-state index is 0.0368. The Balaban J connectivity index is 2.02. The van der Waals surface area contributed by atoms with Gasteiger partial charge in [-0.1, -0.05) is 57.3 Å². The number of aliphatic hydroxyl groups is 1. The van der Waals surface area contributed by atoms with Gasteiger partial charge in [0.2, 0.25) is 0 Å². The zero-order valence-corrected chi connectivity index (χ0v) is 15.5. The molecule has 1 aliphatic rings. The minimum atomic E-state index is -0.733. The fourth-order valence-electron chi connectivity index (χ4n) is 2.70. The lowest BCUT2D eigenvalue weighted by Gasteiger charge is -2.18. The number of hydrogen-bond donors (Lipinski definition) is 2. The molecule has 1 rings (SSSR count). The van der Waals surface area contributed by atoms with Gasteiger partial charge in [0.05, 0.1) is 11.5 Å². The van der Waals surface area contributed by atoms with Gasteiger partial charge >= 0.3 is 5.97 Å². The van der Waals surface area contributed by atoms with Crippen molar-refractivity contribution in [3.63, 3.8) is 0 Å². The maximum Gasteiger partial charge on any atom is 0.309 e. The first-order valence-corrected chi connectivity index (χ1v) is 9.45. The van der Waals surface area contributed by atoms with E-state index in [0.29, 0.717) is 12.8 Å². The summed E-state index contributed by atoms with van der Waals surface area (Å²) in [6.45, 7) is 5.72. The predicted molar refractivity (Wildman–Crippen MR) is 95.7 cm³/mol. The highest BCUT2D eigenvalue weighted by atomic mass is 16.6. The molecule has 0 saturated carbocycles. The molecule has 3 atom stereocenters. The molecule has 0 spiro atoms. The third kappa shape index (κ3) is 8.70. The highest BCUT2D eigenvalue weighted by Crippen LogP contribution is 2.27. The lowest BCUT2D eigenvalue weighted by Crippen LogP contribution is -2.23. The summed E-state index contributed by atoms with van der Waals surface area (Å²) >= 11 is 0.